The molecule has 0 saturated carbocycles. The maximum absolute atomic E-state index is 12.2. The minimum atomic E-state index is -1.67. The lowest BCUT2D eigenvalue weighted by Gasteiger charge is -1.91. The van der Waals surface area contributed by atoms with Gasteiger partial charge in [0.05, 0.1) is 19.0 Å². The second-order valence-corrected chi connectivity index (χ2v) is 6.29. The standard InChI is InChI=1S/C6H5ClFN.C6H6FNO.Cl2OS/c7-2-5-1-6(8)4-9-3-5;7-6-1-5(4-9)2-8-3-6;1-4(2)3/h1,3-4H,2H2;1-3,9H,4H2;. The number of pyridine rings is 2. The lowest BCUT2D eigenvalue weighted by Crippen LogP contribution is -1.85. The van der Waals surface area contributed by atoms with E-state index in [9.17, 15) is 8.78 Å². The molecule has 0 aromatic carbocycles. The molecule has 0 aliphatic heterocycles. The summed E-state index contributed by atoms with van der Waals surface area (Å²) in [5.74, 6) is -0.445. The van der Waals surface area contributed by atoms with E-state index in [4.69, 9.17) is 20.9 Å². The molecule has 0 bridgehead atoms. The summed E-state index contributed by atoms with van der Waals surface area (Å²) in [6, 6.07) is 2.60. The second-order valence-electron chi connectivity index (χ2n) is 3.50. The van der Waals surface area contributed by atoms with Gasteiger partial charge >= 0.3 is 0 Å². The minimum Gasteiger partial charge on any atom is -0.392 e. The molecule has 4 nitrogen and oxygen atoms in total. The van der Waals surface area contributed by atoms with Crippen LogP contribution in [0.25, 0.3) is 0 Å². The Morgan fingerprint density at radius 3 is 1.68 bits per heavy atom. The molecule has 2 heterocycles. The lowest BCUT2D eigenvalue weighted by molar-refractivity contribution is 0.280. The molecule has 0 atom stereocenters. The van der Waals surface area contributed by atoms with Crippen LogP contribution in [0, 0.1) is 11.6 Å². The molecule has 0 unspecified atom stereocenters. The molecule has 122 valence electrons. The second kappa shape index (κ2) is 12.7. The molecule has 2 aromatic heterocycles. The van der Waals surface area contributed by atoms with Gasteiger partial charge in [0.25, 0.3) is 0 Å². The maximum atomic E-state index is 12.2. The first kappa shape index (κ1) is 21.1. The third-order valence-corrected chi connectivity index (χ3v) is 2.17. The first-order valence-corrected chi connectivity index (χ1v) is 8.82. The summed E-state index contributed by atoms with van der Waals surface area (Å²) in [6.07, 6.45) is 5.20. The summed E-state index contributed by atoms with van der Waals surface area (Å²) in [6.45, 7) is -0.162. The Bertz CT molecular complexity index is 544. The number of aliphatic hydroxyl groups excluding tert-OH is 1. The SMILES string of the molecule is Fc1cncc(CCl)c1.O=S(Cl)Cl.OCc1cncc(F)c1. The molecule has 0 spiro atoms. The Morgan fingerprint density at radius 1 is 1.00 bits per heavy atom. The number of rotatable bonds is 2. The molecule has 0 saturated heterocycles. The summed E-state index contributed by atoms with van der Waals surface area (Å²) in [5.41, 5.74) is 1.20. The van der Waals surface area contributed by atoms with Crippen molar-refractivity contribution < 1.29 is 18.1 Å². The van der Waals surface area contributed by atoms with Crippen LogP contribution >= 0.6 is 33.0 Å². The van der Waals surface area contributed by atoms with Crippen molar-refractivity contribution >= 4 is 42.2 Å². The van der Waals surface area contributed by atoms with Crippen molar-refractivity contribution in [3.63, 3.8) is 0 Å². The first-order chi connectivity index (χ1) is 10.4. The van der Waals surface area contributed by atoms with Crippen molar-refractivity contribution in [1.29, 1.82) is 0 Å². The zero-order valence-electron chi connectivity index (χ0n) is 10.9. The summed E-state index contributed by atoms with van der Waals surface area (Å²) in [5, 5.41) is 8.46. The van der Waals surface area contributed by atoms with E-state index in [-0.39, 0.29) is 12.4 Å². The average Bonchev–Trinajstić information content (AvgIpc) is 2.47. The number of alkyl halides is 1. The van der Waals surface area contributed by atoms with E-state index >= 15 is 0 Å². The lowest BCUT2D eigenvalue weighted by atomic mass is 10.3. The number of aliphatic hydroxyl groups is 1. The molecule has 0 fully saturated rings. The Kier molecular flexibility index (Phi) is 12.2. The van der Waals surface area contributed by atoms with Crippen LogP contribution in [0.15, 0.2) is 36.9 Å². The molecular formula is C12H11Cl3F2N2O2S. The zero-order chi connectivity index (χ0) is 17.0. The van der Waals surface area contributed by atoms with Crippen LogP contribution in [0.1, 0.15) is 11.1 Å². The van der Waals surface area contributed by atoms with Crippen molar-refractivity contribution in [2.75, 3.05) is 0 Å². The van der Waals surface area contributed by atoms with Crippen molar-refractivity contribution in [2.45, 2.75) is 12.5 Å². The van der Waals surface area contributed by atoms with Gasteiger partial charge in [-0.25, -0.2) is 13.0 Å². The van der Waals surface area contributed by atoms with Gasteiger partial charge < -0.3 is 5.11 Å². The van der Waals surface area contributed by atoms with E-state index in [0.717, 1.165) is 12.4 Å². The fourth-order valence-corrected chi connectivity index (χ4v) is 1.22. The molecule has 2 rings (SSSR count). The Balaban J connectivity index is 0.000000326. The summed E-state index contributed by atoms with van der Waals surface area (Å²) < 4.78 is 33.5. The zero-order valence-corrected chi connectivity index (χ0v) is 14.0. The van der Waals surface area contributed by atoms with Gasteiger partial charge in [-0.2, -0.15) is 0 Å². The van der Waals surface area contributed by atoms with Crippen molar-refractivity contribution in [2.24, 2.45) is 0 Å². The van der Waals surface area contributed by atoms with Crippen molar-refractivity contribution in [3.8, 4) is 0 Å². The highest BCUT2D eigenvalue weighted by Gasteiger charge is 1.92. The monoisotopic (exact) mass is 390 g/mol. The molecule has 22 heavy (non-hydrogen) atoms. The number of nitrogens with zero attached hydrogens (tertiary/aromatic N) is 2. The number of hydrogen-bond acceptors (Lipinski definition) is 4. The number of hydrogen-bond donors (Lipinski definition) is 1. The third-order valence-electron chi connectivity index (χ3n) is 1.86. The first-order valence-electron chi connectivity index (χ1n) is 5.49. The predicted octanol–water partition coefficient (Wildman–Crippen LogP) is 3.72. The van der Waals surface area contributed by atoms with Gasteiger partial charge in [-0.05, 0) is 23.3 Å². The Morgan fingerprint density at radius 2 is 1.41 bits per heavy atom. The highest BCUT2D eigenvalue weighted by atomic mass is 36.0. The van der Waals surface area contributed by atoms with Crippen molar-refractivity contribution in [3.05, 3.63) is 59.7 Å². The fourth-order valence-electron chi connectivity index (χ4n) is 1.07. The van der Waals surface area contributed by atoms with Crippen LogP contribution in [0.5, 0.6) is 0 Å². The van der Waals surface area contributed by atoms with E-state index in [2.05, 4.69) is 31.3 Å². The summed E-state index contributed by atoms with van der Waals surface area (Å²) in [7, 11) is 7.36. The smallest absolute Gasteiger partial charge is 0.211 e. The average molecular weight is 392 g/mol. The molecule has 0 radical (unpaired) electrons. The van der Waals surface area contributed by atoms with Gasteiger partial charge in [0.2, 0.25) is 9.23 Å². The minimum absolute atomic E-state index is 0.162. The number of aromatic nitrogens is 2. The maximum Gasteiger partial charge on any atom is 0.211 e. The quantitative estimate of drug-likeness (QED) is 0.626. The van der Waals surface area contributed by atoms with Gasteiger partial charge in [0.1, 0.15) is 11.6 Å². The van der Waals surface area contributed by atoms with Crippen molar-refractivity contribution in [1.82, 2.24) is 9.97 Å². The fraction of sp³-hybridized carbons (Fsp3) is 0.167. The van der Waals surface area contributed by atoms with Crippen LogP contribution in [0.3, 0.4) is 0 Å². The normalized spacial score (nSPS) is 9.41. The van der Waals surface area contributed by atoms with Gasteiger partial charge in [-0.1, -0.05) is 0 Å². The van der Waals surface area contributed by atoms with Gasteiger partial charge in [0, 0.05) is 39.6 Å². The van der Waals surface area contributed by atoms with Crippen LogP contribution < -0.4 is 0 Å². The van der Waals surface area contributed by atoms with Crippen LogP contribution in [0.2, 0.25) is 0 Å². The molecule has 1 N–H and O–H groups in total. The molecule has 0 aliphatic rings. The molecule has 0 aliphatic carbocycles. The molecular weight excluding hydrogens is 381 g/mol. The predicted molar refractivity (Wildman–Crippen MR) is 83.7 cm³/mol. The largest absolute Gasteiger partial charge is 0.392 e. The van der Waals surface area contributed by atoms with Crippen LogP contribution in [-0.4, -0.2) is 19.3 Å². The van der Waals surface area contributed by atoms with Gasteiger partial charge in [0.15, 0.2) is 0 Å². The summed E-state index contributed by atoms with van der Waals surface area (Å²) >= 11 is 5.39. The van der Waals surface area contributed by atoms with E-state index in [1.807, 2.05) is 0 Å². The number of halogens is 5. The van der Waals surface area contributed by atoms with Crippen LogP contribution in [0.4, 0.5) is 8.78 Å². The Hall–Kier alpha value is -0.860. The topological polar surface area (TPSA) is 63.1 Å². The van der Waals surface area contributed by atoms with E-state index < -0.39 is 15.0 Å². The highest BCUT2D eigenvalue weighted by Crippen LogP contribution is 2.02. The Labute approximate surface area is 142 Å². The molecule has 0 amide bonds. The highest BCUT2D eigenvalue weighted by molar-refractivity contribution is 8.26. The van der Waals surface area contributed by atoms with E-state index in [1.165, 1.54) is 24.5 Å². The molecule has 10 heteroatoms. The van der Waals surface area contributed by atoms with E-state index in [0.29, 0.717) is 17.0 Å². The summed E-state index contributed by atoms with van der Waals surface area (Å²) in [4.78, 5) is 7.12. The van der Waals surface area contributed by atoms with Gasteiger partial charge in [-0.3, -0.25) is 9.97 Å². The van der Waals surface area contributed by atoms with E-state index in [1.54, 1.807) is 0 Å². The third kappa shape index (κ3) is 11.8. The molecule has 2 aromatic rings. The van der Waals surface area contributed by atoms with Gasteiger partial charge in [-0.15, -0.1) is 11.6 Å². The van der Waals surface area contributed by atoms with Crippen LogP contribution in [-0.2, 0) is 21.7 Å².